The molecule has 0 radical (unpaired) electrons. The summed E-state index contributed by atoms with van der Waals surface area (Å²) in [6.07, 6.45) is -4.47. The quantitative estimate of drug-likeness (QED) is 0.456. The van der Waals surface area contributed by atoms with E-state index in [2.05, 4.69) is 15.1 Å². The summed E-state index contributed by atoms with van der Waals surface area (Å²) in [5.41, 5.74) is -0.240. The number of fused-ring (bicyclic) bond motifs is 1. The minimum absolute atomic E-state index is 0.0762. The second-order valence-corrected chi connectivity index (χ2v) is 8.64. The second kappa shape index (κ2) is 9.23. The highest BCUT2D eigenvalue weighted by Gasteiger charge is 2.32. The van der Waals surface area contributed by atoms with Crippen molar-refractivity contribution in [3.8, 4) is 11.4 Å². The molecule has 36 heavy (non-hydrogen) atoms. The molecule has 1 amide bonds. The number of rotatable bonds is 4. The Morgan fingerprint density at radius 1 is 1.06 bits per heavy atom. The van der Waals surface area contributed by atoms with E-state index in [9.17, 15) is 22.8 Å². The normalized spacial score (nSPS) is 15.8. The summed E-state index contributed by atoms with van der Waals surface area (Å²) in [5.74, 6) is 0.0133. The number of nitrogens with zero attached hydrogens (tertiary/aromatic N) is 4. The van der Waals surface area contributed by atoms with Gasteiger partial charge in [0.05, 0.1) is 11.6 Å². The van der Waals surface area contributed by atoms with Gasteiger partial charge in [-0.15, -0.1) is 0 Å². The van der Waals surface area contributed by atoms with Gasteiger partial charge in [-0.05, 0) is 36.6 Å². The fraction of sp³-hybridized carbons (Fsp3) is 0.280. The number of para-hydroxylation sites is 1. The van der Waals surface area contributed by atoms with Crippen LogP contribution in [-0.2, 0) is 6.18 Å². The number of halogens is 3. The summed E-state index contributed by atoms with van der Waals surface area (Å²) in [4.78, 5) is 36.2. The van der Waals surface area contributed by atoms with E-state index in [1.54, 1.807) is 17.0 Å². The Kier molecular flexibility index (Phi) is 6.09. The van der Waals surface area contributed by atoms with Gasteiger partial charge in [0.1, 0.15) is 5.56 Å². The number of piperazine rings is 1. The van der Waals surface area contributed by atoms with Crippen molar-refractivity contribution in [2.75, 3.05) is 26.2 Å². The van der Waals surface area contributed by atoms with E-state index in [-0.39, 0.29) is 34.8 Å². The molecule has 4 aromatic rings. The molecule has 1 saturated heterocycles. The number of amides is 1. The predicted molar refractivity (Wildman–Crippen MR) is 125 cm³/mol. The maximum atomic E-state index is 13.0. The smallest absolute Gasteiger partial charge is 0.337 e. The Labute approximate surface area is 203 Å². The number of H-pyrrole nitrogens is 1. The largest absolute Gasteiger partial charge is 0.416 e. The SMILES string of the molecule is CC(c1nc(-c2cccc(C(F)(F)F)c2)no1)N1CCN(C(=O)c2cc3ccccc3[nH]c2=O)CC1. The summed E-state index contributed by atoms with van der Waals surface area (Å²) in [6, 6.07) is 13.3. The van der Waals surface area contributed by atoms with Crippen LogP contribution in [0.15, 0.2) is 63.9 Å². The first-order chi connectivity index (χ1) is 17.2. The summed E-state index contributed by atoms with van der Waals surface area (Å²) < 4.78 is 44.4. The van der Waals surface area contributed by atoms with Gasteiger partial charge >= 0.3 is 6.18 Å². The lowest BCUT2D eigenvalue weighted by molar-refractivity contribution is -0.137. The molecule has 3 heterocycles. The second-order valence-electron chi connectivity index (χ2n) is 8.64. The van der Waals surface area contributed by atoms with E-state index in [1.165, 1.54) is 12.1 Å². The number of aromatic amines is 1. The van der Waals surface area contributed by atoms with Gasteiger partial charge in [-0.1, -0.05) is 35.5 Å². The molecule has 1 unspecified atom stereocenters. The molecule has 1 atom stereocenters. The molecular formula is C25H22F3N5O3. The third kappa shape index (κ3) is 4.61. The van der Waals surface area contributed by atoms with Gasteiger partial charge in [0.25, 0.3) is 11.5 Å². The monoisotopic (exact) mass is 497 g/mol. The topological polar surface area (TPSA) is 95.3 Å². The molecule has 0 bridgehead atoms. The standard InChI is InChI=1S/C25H22F3N5O3/c1-15(23-30-21(31-36-23)17-6-4-7-18(13-17)25(26,27)28)32-9-11-33(12-10-32)24(35)19-14-16-5-2-3-8-20(16)29-22(19)34/h2-8,13-15H,9-12H2,1H3,(H,29,34). The average Bonchev–Trinajstić information content (AvgIpc) is 3.38. The maximum Gasteiger partial charge on any atom is 0.416 e. The van der Waals surface area contributed by atoms with Gasteiger partial charge in [-0.3, -0.25) is 14.5 Å². The number of hydrogen-bond acceptors (Lipinski definition) is 6. The number of nitrogens with one attached hydrogen (secondary N) is 1. The van der Waals surface area contributed by atoms with Crippen LogP contribution in [0.1, 0.15) is 34.8 Å². The molecule has 0 saturated carbocycles. The van der Waals surface area contributed by atoms with Crippen LogP contribution in [0.25, 0.3) is 22.3 Å². The first-order valence-electron chi connectivity index (χ1n) is 11.4. The molecule has 2 aromatic carbocycles. The van der Waals surface area contributed by atoms with Crippen LogP contribution in [0.3, 0.4) is 0 Å². The van der Waals surface area contributed by atoms with Gasteiger partial charge in [-0.2, -0.15) is 18.2 Å². The highest BCUT2D eigenvalue weighted by atomic mass is 19.4. The molecule has 0 spiro atoms. The van der Waals surface area contributed by atoms with E-state index in [4.69, 9.17) is 4.52 Å². The summed E-state index contributed by atoms with van der Waals surface area (Å²) >= 11 is 0. The van der Waals surface area contributed by atoms with E-state index in [0.717, 1.165) is 17.5 Å². The zero-order valence-electron chi connectivity index (χ0n) is 19.2. The minimum Gasteiger partial charge on any atom is -0.337 e. The van der Waals surface area contributed by atoms with Crippen molar-refractivity contribution in [1.29, 1.82) is 0 Å². The van der Waals surface area contributed by atoms with Crippen molar-refractivity contribution < 1.29 is 22.5 Å². The third-order valence-electron chi connectivity index (χ3n) is 6.38. The fourth-order valence-electron chi connectivity index (χ4n) is 4.30. The number of benzene rings is 2. The molecular weight excluding hydrogens is 475 g/mol. The first-order valence-corrected chi connectivity index (χ1v) is 11.4. The average molecular weight is 497 g/mol. The van der Waals surface area contributed by atoms with E-state index < -0.39 is 17.3 Å². The van der Waals surface area contributed by atoms with Crippen molar-refractivity contribution in [1.82, 2.24) is 24.9 Å². The van der Waals surface area contributed by atoms with Gasteiger partial charge in [0, 0.05) is 37.3 Å². The predicted octanol–water partition coefficient (Wildman–Crippen LogP) is 4.12. The number of carbonyl (C=O) groups is 1. The Bertz CT molecular complexity index is 1470. The molecule has 186 valence electrons. The van der Waals surface area contributed by atoms with E-state index >= 15 is 0 Å². The van der Waals surface area contributed by atoms with Crippen LogP contribution in [0, 0.1) is 0 Å². The Hall–Kier alpha value is -3.99. The highest BCUT2D eigenvalue weighted by Crippen LogP contribution is 2.32. The van der Waals surface area contributed by atoms with Crippen LogP contribution < -0.4 is 5.56 Å². The molecule has 8 nitrogen and oxygen atoms in total. The third-order valence-corrected chi connectivity index (χ3v) is 6.38. The number of aromatic nitrogens is 3. The fourth-order valence-corrected chi connectivity index (χ4v) is 4.30. The molecule has 11 heteroatoms. The molecule has 1 aliphatic rings. The lowest BCUT2D eigenvalue weighted by Gasteiger charge is -2.36. The highest BCUT2D eigenvalue weighted by molar-refractivity contribution is 5.97. The molecule has 1 aliphatic heterocycles. The summed E-state index contributed by atoms with van der Waals surface area (Å²) in [7, 11) is 0. The summed E-state index contributed by atoms with van der Waals surface area (Å²) in [5, 5.41) is 4.64. The van der Waals surface area contributed by atoms with Crippen LogP contribution in [-0.4, -0.2) is 57.0 Å². The lowest BCUT2D eigenvalue weighted by atomic mass is 10.1. The number of alkyl halides is 3. The van der Waals surface area contributed by atoms with Crippen molar-refractivity contribution in [2.24, 2.45) is 0 Å². The van der Waals surface area contributed by atoms with Crippen LogP contribution in [0.4, 0.5) is 13.2 Å². The number of pyridine rings is 1. The zero-order valence-corrected chi connectivity index (χ0v) is 19.2. The maximum absolute atomic E-state index is 13.0. The number of hydrogen-bond donors (Lipinski definition) is 1. The Morgan fingerprint density at radius 3 is 2.56 bits per heavy atom. The zero-order chi connectivity index (χ0) is 25.4. The number of carbonyl (C=O) groups excluding carboxylic acids is 1. The van der Waals surface area contributed by atoms with Gasteiger partial charge in [0.2, 0.25) is 11.7 Å². The van der Waals surface area contributed by atoms with Gasteiger partial charge in [-0.25, -0.2) is 0 Å². The van der Waals surface area contributed by atoms with Crippen LogP contribution in [0.2, 0.25) is 0 Å². The Balaban J connectivity index is 1.26. The van der Waals surface area contributed by atoms with Gasteiger partial charge in [0.15, 0.2) is 0 Å². The van der Waals surface area contributed by atoms with Crippen LogP contribution >= 0.6 is 0 Å². The summed E-state index contributed by atoms with van der Waals surface area (Å²) in [6.45, 7) is 3.64. The lowest BCUT2D eigenvalue weighted by Crippen LogP contribution is -2.50. The molecule has 2 aromatic heterocycles. The van der Waals surface area contributed by atoms with Crippen molar-refractivity contribution in [2.45, 2.75) is 19.1 Å². The van der Waals surface area contributed by atoms with Crippen molar-refractivity contribution >= 4 is 16.8 Å². The van der Waals surface area contributed by atoms with Crippen molar-refractivity contribution in [3.63, 3.8) is 0 Å². The van der Waals surface area contributed by atoms with Gasteiger partial charge < -0.3 is 14.4 Å². The first kappa shape index (κ1) is 23.7. The molecule has 1 fully saturated rings. The van der Waals surface area contributed by atoms with Crippen LogP contribution in [0.5, 0.6) is 0 Å². The van der Waals surface area contributed by atoms with E-state index in [1.807, 2.05) is 30.0 Å². The van der Waals surface area contributed by atoms with E-state index in [0.29, 0.717) is 31.7 Å². The molecule has 5 rings (SSSR count). The minimum atomic E-state index is -4.47. The molecule has 1 N–H and O–H groups in total. The molecule has 0 aliphatic carbocycles. The van der Waals surface area contributed by atoms with Crippen molar-refractivity contribution in [3.05, 3.63) is 82.0 Å². The Morgan fingerprint density at radius 2 is 1.81 bits per heavy atom.